The average Bonchev–Trinajstić information content (AvgIpc) is 2.73. The van der Waals surface area contributed by atoms with Gasteiger partial charge >= 0.3 is 0 Å². The van der Waals surface area contributed by atoms with Gasteiger partial charge in [0.05, 0.1) is 12.6 Å². The number of rotatable bonds is 2. The second kappa shape index (κ2) is 4.49. The molecule has 1 unspecified atom stereocenters. The Hall–Kier alpha value is -1.75. The average molecular weight is 247 g/mol. The highest BCUT2D eigenvalue weighted by molar-refractivity contribution is 5.19. The van der Waals surface area contributed by atoms with E-state index in [9.17, 15) is 9.50 Å². The van der Waals surface area contributed by atoms with Crippen LogP contribution in [0.4, 0.5) is 4.39 Å². The zero-order chi connectivity index (χ0) is 12.5. The van der Waals surface area contributed by atoms with Crippen molar-refractivity contribution in [1.82, 2.24) is 14.8 Å². The molecule has 18 heavy (non-hydrogen) atoms. The molecular formula is C13H14FN3O. The maximum absolute atomic E-state index is 12.8. The molecule has 0 spiro atoms. The summed E-state index contributed by atoms with van der Waals surface area (Å²) >= 11 is 0. The van der Waals surface area contributed by atoms with E-state index in [4.69, 9.17) is 0 Å². The first-order valence-electron chi connectivity index (χ1n) is 6.06. The van der Waals surface area contributed by atoms with Gasteiger partial charge in [-0.3, -0.25) is 0 Å². The fourth-order valence-corrected chi connectivity index (χ4v) is 2.20. The van der Waals surface area contributed by atoms with Gasteiger partial charge in [-0.25, -0.2) is 14.1 Å². The van der Waals surface area contributed by atoms with Crippen LogP contribution in [0.25, 0.3) is 0 Å². The Kier molecular flexibility index (Phi) is 2.83. The summed E-state index contributed by atoms with van der Waals surface area (Å²) in [6.45, 7) is 0.520. The third-order valence-electron chi connectivity index (χ3n) is 3.15. The number of aliphatic hydroxyl groups excluding tert-OH is 1. The van der Waals surface area contributed by atoms with Gasteiger partial charge in [0.25, 0.3) is 0 Å². The molecule has 94 valence electrons. The largest absolute Gasteiger partial charge is 0.391 e. The van der Waals surface area contributed by atoms with Gasteiger partial charge in [-0.1, -0.05) is 12.1 Å². The first kappa shape index (κ1) is 11.3. The lowest BCUT2D eigenvalue weighted by Crippen LogP contribution is -2.25. The summed E-state index contributed by atoms with van der Waals surface area (Å²) < 4.78 is 14.6. The lowest BCUT2D eigenvalue weighted by atomic mass is 10.1. The van der Waals surface area contributed by atoms with Crippen molar-refractivity contribution in [3.8, 4) is 0 Å². The summed E-state index contributed by atoms with van der Waals surface area (Å²) in [4.78, 5) is 4.45. The number of nitrogens with zero attached hydrogens (tertiary/aromatic N) is 3. The molecule has 0 fully saturated rings. The number of benzene rings is 1. The Labute approximate surface area is 104 Å². The van der Waals surface area contributed by atoms with Crippen LogP contribution in [0, 0.1) is 5.82 Å². The van der Waals surface area contributed by atoms with Crippen molar-refractivity contribution in [3.05, 3.63) is 47.3 Å². The van der Waals surface area contributed by atoms with E-state index < -0.39 is 0 Å². The van der Waals surface area contributed by atoms with Crippen molar-refractivity contribution < 1.29 is 9.50 Å². The van der Waals surface area contributed by atoms with Crippen LogP contribution in [-0.4, -0.2) is 26.0 Å². The van der Waals surface area contributed by atoms with E-state index in [1.54, 1.807) is 16.8 Å². The molecule has 3 rings (SSSR count). The highest BCUT2D eigenvalue weighted by atomic mass is 19.1. The van der Waals surface area contributed by atoms with Crippen LogP contribution in [0.3, 0.4) is 0 Å². The van der Waals surface area contributed by atoms with Crippen LogP contribution in [-0.2, 0) is 19.4 Å². The zero-order valence-electron chi connectivity index (χ0n) is 9.88. The molecule has 1 aliphatic heterocycles. The Morgan fingerprint density at radius 3 is 2.89 bits per heavy atom. The van der Waals surface area contributed by atoms with Gasteiger partial charge < -0.3 is 5.11 Å². The van der Waals surface area contributed by atoms with Crippen LogP contribution in [0.15, 0.2) is 24.3 Å². The van der Waals surface area contributed by atoms with Crippen LogP contribution in [0.1, 0.15) is 23.6 Å². The summed E-state index contributed by atoms with van der Waals surface area (Å²) in [6.07, 6.45) is 1.78. The normalized spacial score (nSPS) is 18.7. The number of aromatic nitrogens is 3. The monoisotopic (exact) mass is 247 g/mol. The molecule has 1 atom stereocenters. The maximum Gasteiger partial charge on any atom is 0.155 e. The number of aliphatic hydroxyl groups is 1. The number of hydrogen-bond donors (Lipinski definition) is 1. The molecule has 2 heterocycles. The molecule has 0 aliphatic carbocycles. The minimum atomic E-state index is -0.321. The second-order valence-corrected chi connectivity index (χ2v) is 4.62. The Morgan fingerprint density at radius 1 is 1.33 bits per heavy atom. The first-order valence-corrected chi connectivity index (χ1v) is 6.06. The van der Waals surface area contributed by atoms with Crippen molar-refractivity contribution in [3.63, 3.8) is 0 Å². The van der Waals surface area contributed by atoms with Crippen LogP contribution in [0.5, 0.6) is 0 Å². The predicted octanol–water partition coefficient (Wildman–Crippen LogP) is 1.32. The SMILES string of the molecule is OC1CCc2nc(Cc3ccc(F)cc3)nn2C1. The van der Waals surface area contributed by atoms with Crippen molar-refractivity contribution in [2.24, 2.45) is 0 Å². The van der Waals surface area contributed by atoms with E-state index in [0.717, 1.165) is 30.1 Å². The number of fused-ring (bicyclic) bond motifs is 1. The van der Waals surface area contributed by atoms with Gasteiger partial charge in [-0.05, 0) is 24.1 Å². The van der Waals surface area contributed by atoms with Crippen molar-refractivity contribution in [2.45, 2.75) is 31.9 Å². The Balaban J connectivity index is 1.79. The summed E-state index contributed by atoms with van der Waals surface area (Å²) in [5, 5.41) is 13.9. The van der Waals surface area contributed by atoms with Gasteiger partial charge in [-0.15, -0.1) is 0 Å². The summed E-state index contributed by atoms with van der Waals surface area (Å²) in [5.74, 6) is 1.42. The van der Waals surface area contributed by atoms with Crippen LogP contribution < -0.4 is 0 Å². The summed E-state index contributed by atoms with van der Waals surface area (Å²) in [6, 6.07) is 6.36. The Morgan fingerprint density at radius 2 is 2.11 bits per heavy atom. The molecule has 5 heteroatoms. The van der Waals surface area contributed by atoms with Crippen molar-refractivity contribution in [2.75, 3.05) is 0 Å². The van der Waals surface area contributed by atoms with Gasteiger partial charge in [-0.2, -0.15) is 5.10 Å². The highest BCUT2D eigenvalue weighted by Gasteiger charge is 2.19. The first-order chi connectivity index (χ1) is 8.70. The molecule has 0 saturated heterocycles. The minimum absolute atomic E-state index is 0.237. The van der Waals surface area contributed by atoms with E-state index >= 15 is 0 Å². The molecule has 1 aliphatic rings. The van der Waals surface area contributed by atoms with Gasteiger partial charge in [0, 0.05) is 12.8 Å². The highest BCUT2D eigenvalue weighted by Crippen LogP contribution is 2.14. The van der Waals surface area contributed by atoms with Crippen LogP contribution in [0.2, 0.25) is 0 Å². The lowest BCUT2D eigenvalue weighted by Gasteiger charge is -2.16. The summed E-state index contributed by atoms with van der Waals surface area (Å²) in [7, 11) is 0. The molecule has 1 aromatic carbocycles. The second-order valence-electron chi connectivity index (χ2n) is 4.62. The van der Waals surface area contributed by atoms with Gasteiger partial charge in [0.15, 0.2) is 5.82 Å². The minimum Gasteiger partial charge on any atom is -0.391 e. The molecule has 1 aromatic heterocycles. The topological polar surface area (TPSA) is 50.9 Å². The van der Waals surface area contributed by atoms with Crippen LogP contribution >= 0.6 is 0 Å². The molecule has 0 saturated carbocycles. The van der Waals surface area contributed by atoms with E-state index in [2.05, 4.69) is 10.1 Å². The molecule has 4 nitrogen and oxygen atoms in total. The Bertz CT molecular complexity index is 550. The zero-order valence-corrected chi connectivity index (χ0v) is 9.88. The summed E-state index contributed by atoms with van der Waals surface area (Å²) in [5.41, 5.74) is 0.986. The van der Waals surface area contributed by atoms with E-state index in [-0.39, 0.29) is 11.9 Å². The fourth-order valence-electron chi connectivity index (χ4n) is 2.20. The van der Waals surface area contributed by atoms with Crippen molar-refractivity contribution >= 4 is 0 Å². The molecular weight excluding hydrogens is 233 g/mol. The molecule has 0 amide bonds. The quantitative estimate of drug-likeness (QED) is 0.870. The molecule has 0 bridgehead atoms. The van der Waals surface area contributed by atoms with Gasteiger partial charge in [0.1, 0.15) is 11.6 Å². The van der Waals surface area contributed by atoms with Gasteiger partial charge in [0.2, 0.25) is 0 Å². The molecule has 1 N–H and O–H groups in total. The maximum atomic E-state index is 12.8. The smallest absolute Gasteiger partial charge is 0.155 e. The lowest BCUT2D eigenvalue weighted by molar-refractivity contribution is 0.124. The molecule has 0 radical (unpaired) electrons. The third-order valence-corrected chi connectivity index (χ3v) is 3.15. The van der Waals surface area contributed by atoms with E-state index in [1.807, 2.05) is 0 Å². The standard InChI is InChI=1S/C13H14FN3O/c14-10-3-1-9(2-4-10)7-12-15-13-6-5-11(18)8-17(13)16-12/h1-4,11,18H,5-8H2. The predicted molar refractivity (Wildman–Crippen MR) is 63.6 cm³/mol. The van der Waals surface area contributed by atoms with Crippen molar-refractivity contribution in [1.29, 1.82) is 0 Å². The molecule has 2 aromatic rings. The number of halogens is 1. The number of aryl methyl sites for hydroxylation is 1. The fraction of sp³-hybridized carbons (Fsp3) is 0.385. The third kappa shape index (κ3) is 2.26. The van der Waals surface area contributed by atoms with E-state index in [0.29, 0.717) is 13.0 Å². The van der Waals surface area contributed by atoms with E-state index in [1.165, 1.54) is 12.1 Å². The number of hydrogen-bond acceptors (Lipinski definition) is 3.